The van der Waals surface area contributed by atoms with Gasteiger partial charge in [-0.15, -0.1) is 0 Å². The number of ether oxygens (including phenoxy) is 1. The van der Waals surface area contributed by atoms with Gasteiger partial charge in [-0.05, 0) is 55.3 Å². The zero-order valence-electron chi connectivity index (χ0n) is 18.8. The highest BCUT2D eigenvalue weighted by molar-refractivity contribution is 9.10. The van der Waals surface area contributed by atoms with E-state index in [0.29, 0.717) is 20.6 Å². The van der Waals surface area contributed by atoms with Gasteiger partial charge in [0.15, 0.2) is 4.80 Å². The Morgan fingerprint density at radius 1 is 1.18 bits per heavy atom. The van der Waals surface area contributed by atoms with E-state index >= 15 is 0 Å². The van der Waals surface area contributed by atoms with E-state index < -0.39 is 12.0 Å². The van der Waals surface area contributed by atoms with Crippen molar-refractivity contribution in [2.45, 2.75) is 19.9 Å². The molecule has 0 radical (unpaired) electrons. The summed E-state index contributed by atoms with van der Waals surface area (Å²) in [4.78, 5) is 33.7. The number of nitrogens with zero attached hydrogens (tertiary/aromatic N) is 3. The number of hydrogen-bond acceptors (Lipinski definition) is 6. The average Bonchev–Trinajstić information content (AvgIpc) is 3.09. The van der Waals surface area contributed by atoms with Crippen LogP contribution in [0, 0.1) is 0 Å². The van der Waals surface area contributed by atoms with E-state index in [4.69, 9.17) is 4.74 Å². The van der Waals surface area contributed by atoms with E-state index in [0.717, 1.165) is 21.3 Å². The van der Waals surface area contributed by atoms with E-state index in [1.165, 1.54) is 11.3 Å². The van der Waals surface area contributed by atoms with Crippen molar-refractivity contribution in [3.05, 3.63) is 95.1 Å². The van der Waals surface area contributed by atoms with Crippen LogP contribution in [0.4, 0.5) is 5.69 Å². The molecule has 0 aliphatic carbocycles. The summed E-state index contributed by atoms with van der Waals surface area (Å²) in [5, 5.41) is 0. The lowest BCUT2D eigenvalue weighted by atomic mass is 9.95. The minimum Gasteiger partial charge on any atom is -0.463 e. The Kier molecular flexibility index (Phi) is 6.67. The van der Waals surface area contributed by atoms with Crippen LogP contribution in [-0.4, -0.2) is 31.2 Å². The van der Waals surface area contributed by atoms with Gasteiger partial charge in [-0.25, -0.2) is 9.79 Å². The highest BCUT2D eigenvalue weighted by Crippen LogP contribution is 2.31. The van der Waals surface area contributed by atoms with Crippen LogP contribution in [0.1, 0.15) is 31.0 Å². The summed E-state index contributed by atoms with van der Waals surface area (Å²) in [6.45, 7) is 3.80. The van der Waals surface area contributed by atoms with Crippen molar-refractivity contribution in [3.8, 4) is 0 Å². The number of esters is 1. The van der Waals surface area contributed by atoms with Gasteiger partial charge in [0.25, 0.3) is 5.56 Å². The Balaban J connectivity index is 1.92. The number of carbonyl (C=O) groups excluding carboxylic acids is 1. The van der Waals surface area contributed by atoms with Crippen LogP contribution in [0.3, 0.4) is 0 Å². The van der Waals surface area contributed by atoms with Crippen molar-refractivity contribution in [1.29, 1.82) is 0 Å². The molecule has 0 saturated heterocycles. The molecule has 1 aliphatic heterocycles. The number of hydrogen-bond donors (Lipinski definition) is 0. The molecule has 8 heteroatoms. The van der Waals surface area contributed by atoms with Crippen molar-refractivity contribution in [2.24, 2.45) is 4.99 Å². The lowest BCUT2D eigenvalue weighted by Crippen LogP contribution is -2.39. The summed E-state index contributed by atoms with van der Waals surface area (Å²) in [5.41, 5.74) is 3.53. The molecule has 33 heavy (non-hydrogen) atoms. The molecule has 2 aromatic carbocycles. The smallest absolute Gasteiger partial charge is 0.338 e. The molecule has 1 aromatic heterocycles. The first-order valence-electron chi connectivity index (χ1n) is 10.5. The second kappa shape index (κ2) is 9.49. The molecule has 0 N–H and O–H groups in total. The monoisotopic (exact) mass is 525 g/mol. The second-order valence-electron chi connectivity index (χ2n) is 7.84. The molecule has 3 aromatic rings. The number of aromatic nitrogens is 1. The van der Waals surface area contributed by atoms with Gasteiger partial charge in [0, 0.05) is 24.3 Å². The lowest BCUT2D eigenvalue weighted by Gasteiger charge is -2.25. The van der Waals surface area contributed by atoms with Crippen LogP contribution >= 0.6 is 27.3 Å². The Labute approximate surface area is 204 Å². The van der Waals surface area contributed by atoms with Crippen LogP contribution in [0.25, 0.3) is 6.08 Å². The summed E-state index contributed by atoms with van der Waals surface area (Å²) in [5.74, 6) is -0.456. The first kappa shape index (κ1) is 23.2. The molecular formula is C25H24BrN3O3S. The topological polar surface area (TPSA) is 63.9 Å². The summed E-state index contributed by atoms with van der Waals surface area (Å²) < 4.78 is 8.48. The largest absolute Gasteiger partial charge is 0.463 e. The van der Waals surface area contributed by atoms with Gasteiger partial charge in [-0.1, -0.05) is 51.5 Å². The Hall–Kier alpha value is -2.97. The highest BCUT2D eigenvalue weighted by Gasteiger charge is 2.33. The Morgan fingerprint density at radius 2 is 1.85 bits per heavy atom. The molecule has 6 nitrogen and oxygen atoms in total. The first-order valence-corrected chi connectivity index (χ1v) is 12.1. The number of fused-ring (bicyclic) bond motifs is 1. The van der Waals surface area contributed by atoms with Gasteiger partial charge in [0.1, 0.15) is 0 Å². The summed E-state index contributed by atoms with van der Waals surface area (Å²) in [6.07, 6.45) is 1.85. The van der Waals surface area contributed by atoms with Crippen LogP contribution in [0.5, 0.6) is 0 Å². The standard InChI is InChI=1S/C25H24BrN3O3S/c1-5-32-24(31)21-15(2)27-25-29(22(21)17-8-12-19(13-9-17)28(3)4)23(30)20(33-25)14-16-6-10-18(26)11-7-16/h6-14,22H,5H2,1-4H3/b20-14+/t22-/m0/s1. The van der Waals surface area contributed by atoms with Crippen LogP contribution < -0.4 is 19.8 Å². The van der Waals surface area contributed by atoms with Crippen molar-refractivity contribution >= 4 is 45.0 Å². The zero-order chi connectivity index (χ0) is 23.7. The molecule has 4 rings (SSSR count). The third-order valence-electron chi connectivity index (χ3n) is 5.41. The Bertz CT molecular complexity index is 1400. The minimum absolute atomic E-state index is 0.183. The summed E-state index contributed by atoms with van der Waals surface area (Å²) >= 11 is 4.75. The number of rotatable bonds is 5. The second-order valence-corrected chi connectivity index (χ2v) is 9.76. The van der Waals surface area contributed by atoms with E-state index in [1.54, 1.807) is 18.4 Å². The summed E-state index contributed by atoms with van der Waals surface area (Å²) in [7, 11) is 3.93. The van der Waals surface area contributed by atoms with Crippen LogP contribution in [0.2, 0.25) is 0 Å². The molecule has 0 bridgehead atoms. The molecule has 1 aliphatic rings. The maximum atomic E-state index is 13.6. The average molecular weight is 526 g/mol. The number of allylic oxidation sites excluding steroid dienone is 1. The normalized spacial score (nSPS) is 15.8. The van der Waals surface area contributed by atoms with Crippen molar-refractivity contribution in [3.63, 3.8) is 0 Å². The molecule has 0 saturated carbocycles. The summed E-state index contributed by atoms with van der Waals surface area (Å²) in [6, 6.07) is 15.0. The van der Waals surface area contributed by atoms with Gasteiger partial charge in [0.05, 0.1) is 28.5 Å². The van der Waals surface area contributed by atoms with Gasteiger partial charge < -0.3 is 9.64 Å². The molecule has 0 spiro atoms. The number of carbonyl (C=O) groups is 1. The van der Waals surface area contributed by atoms with E-state index in [-0.39, 0.29) is 12.2 Å². The van der Waals surface area contributed by atoms with Gasteiger partial charge in [-0.2, -0.15) is 0 Å². The number of anilines is 1. The van der Waals surface area contributed by atoms with Crippen molar-refractivity contribution in [2.75, 3.05) is 25.6 Å². The van der Waals surface area contributed by atoms with Gasteiger partial charge in [-0.3, -0.25) is 9.36 Å². The third kappa shape index (κ3) is 4.58. The molecule has 1 atom stereocenters. The Morgan fingerprint density at radius 3 is 2.45 bits per heavy atom. The van der Waals surface area contributed by atoms with Gasteiger partial charge >= 0.3 is 5.97 Å². The fourth-order valence-corrected chi connectivity index (χ4v) is 5.08. The first-order chi connectivity index (χ1) is 15.8. The highest BCUT2D eigenvalue weighted by atomic mass is 79.9. The maximum absolute atomic E-state index is 13.6. The molecule has 0 unspecified atom stereocenters. The lowest BCUT2D eigenvalue weighted by molar-refractivity contribution is -0.139. The van der Waals surface area contributed by atoms with E-state index in [9.17, 15) is 9.59 Å². The molecule has 0 fully saturated rings. The fourth-order valence-electron chi connectivity index (χ4n) is 3.77. The maximum Gasteiger partial charge on any atom is 0.338 e. The van der Waals surface area contributed by atoms with Crippen LogP contribution in [-0.2, 0) is 9.53 Å². The SMILES string of the molecule is CCOC(=O)C1=C(C)N=c2s/c(=C/c3ccc(Br)cc3)c(=O)n2[C@H]1c1ccc(N(C)C)cc1. The van der Waals surface area contributed by atoms with E-state index in [1.807, 2.05) is 73.6 Å². The van der Waals surface area contributed by atoms with Gasteiger partial charge in [0.2, 0.25) is 0 Å². The molecule has 0 amide bonds. The minimum atomic E-state index is -0.608. The fraction of sp³-hybridized carbons (Fsp3) is 0.240. The quantitative estimate of drug-likeness (QED) is 0.477. The molecule has 2 heterocycles. The predicted octanol–water partition coefficient (Wildman–Crippen LogP) is 3.63. The van der Waals surface area contributed by atoms with Crippen LogP contribution in [0.15, 0.2) is 74.1 Å². The predicted molar refractivity (Wildman–Crippen MR) is 135 cm³/mol. The third-order valence-corrected chi connectivity index (χ3v) is 6.92. The molecule has 170 valence electrons. The van der Waals surface area contributed by atoms with Crippen molar-refractivity contribution in [1.82, 2.24) is 4.57 Å². The zero-order valence-corrected chi connectivity index (χ0v) is 21.2. The van der Waals surface area contributed by atoms with E-state index in [2.05, 4.69) is 20.9 Å². The van der Waals surface area contributed by atoms with Crippen molar-refractivity contribution < 1.29 is 9.53 Å². The number of benzene rings is 2. The molecular weight excluding hydrogens is 502 g/mol. The number of thiazole rings is 1. The number of halogens is 1.